The van der Waals surface area contributed by atoms with Crippen LogP contribution in [0.3, 0.4) is 0 Å². The third kappa shape index (κ3) is 3.80. The lowest BCUT2D eigenvalue weighted by Gasteiger charge is -2.12. The van der Waals surface area contributed by atoms with E-state index in [1.807, 2.05) is 0 Å². The van der Waals surface area contributed by atoms with Crippen LogP contribution in [0.5, 0.6) is 0 Å². The fourth-order valence-corrected chi connectivity index (χ4v) is 1.26. The second kappa shape index (κ2) is 4.59. The molecule has 0 saturated heterocycles. The molecule has 0 spiro atoms. The first kappa shape index (κ1) is 11.2. The summed E-state index contributed by atoms with van der Waals surface area (Å²) in [7, 11) is 0. The number of anilines is 1. The number of rotatable bonds is 4. The Hall–Kier alpha value is -1.85. The van der Waals surface area contributed by atoms with Gasteiger partial charge in [0.1, 0.15) is 11.6 Å². The largest absolute Gasteiger partial charge is 0.370 e. The molecular weight excluding hydrogens is 196 g/mol. The number of nitrogens with one attached hydrogen (secondary N) is 2. The van der Waals surface area contributed by atoms with Crippen molar-refractivity contribution in [2.75, 3.05) is 5.32 Å². The van der Waals surface area contributed by atoms with Crippen LogP contribution in [0.25, 0.3) is 0 Å². The topological polar surface area (TPSA) is 101 Å². The van der Waals surface area contributed by atoms with Crippen molar-refractivity contribution in [3.05, 3.63) is 22.2 Å². The molecule has 15 heavy (non-hydrogen) atoms. The van der Waals surface area contributed by atoms with E-state index < -0.39 is 5.91 Å². The first-order valence-electron chi connectivity index (χ1n) is 4.60. The number of aromatic nitrogens is 2. The number of carbonyl (C=O) groups excluding carboxylic acids is 1. The maximum atomic E-state index is 11.1. The van der Waals surface area contributed by atoms with Crippen molar-refractivity contribution in [3.8, 4) is 0 Å². The predicted octanol–water partition coefficient (Wildman–Crippen LogP) is -0.246. The van der Waals surface area contributed by atoms with E-state index >= 15 is 0 Å². The molecule has 0 aromatic carbocycles. The number of aryl methyl sites for hydroxylation is 1. The molecule has 0 bridgehead atoms. The van der Waals surface area contributed by atoms with Crippen molar-refractivity contribution in [2.24, 2.45) is 5.73 Å². The highest BCUT2D eigenvalue weighted by Gasteiger charge is 2.06. The van der Waals surface area contributed by atoms with Crippen molar-refractivity contribution in [2.45, 2.75) is 26.3 Å². The Labute approximate surface area is 86.9 Å². The Bertz CT molecular complexity index is 413. The molecule has 1 heterocycles. The molecule has 1 atom stereocenters. The Balaban J connectivity index is 2.72. The first-order chi connectivity index (χ1) is 6.97. The summed E-state index contributed by atoms with van der Waals surface area (Å²) in [5.41, 5.74) is 4.81. The normalized spacial score (nSPS) is 12.1. The second-order valence-corrected chi connectivity index (χ2v) is 3.43. The molecule has 0 aliphatic carbocycles. The quantitative estimate of drug-likeness (QED) is 0.638. The number of amides is 1. The average molecular weight is 210 g/mol. The minimum atomic E-state index is -0.392. The Morgan fingerprint density at radius 1 is 1.73 bits per heavy atom. The molecule has 0 aliphatic heterocycles. The lowest BCUT2D eigenvalue weighted by molar-refractivity contribution is -0.118. The SMILES string of the molecule is Cc1nc(NC(C)CC(N)=O)cc(=O)[nH]1. The van der Waals surface area contributed by atoms with E-state index in [4.69, 9.17) is 5.73 Å². The molecule has 0 radical (unpaired) electrons. The van der Waals surface area contributed by atoms with Gasteiger partial charge in [-0.05, 0) is 13.8 Å². The molecule has 1 aromatic heterocycles. The number of H-pyrrole nitrogens is 1. The van der Waals surface area contributed by atoms with Gasteiger partial charge >= 0.3 is 0 Å². The third-order valence-corrected chi connectivity index (χ3v) is 1.76. The average Bonchev–Trinajstić information content (AvgIpc) is 1.98. The van der Waals surface area contributed by atoms with E-state index in [2.05, 4.69) is 15.3 Å². The van der Waals surface area contributed by atoms with E-state index in [0.717, 1.165) is 0 Å². The minimum Gasteiger partial charge on any atom is -0.370 e. The van der Waals surface area contributed by atoms with Crippen molar-refractivity contribution < 1.29 is 4.79 Å². The summed E-state index contributed by atoms with van der Waals surface area (Å²) in [5, 5.41) is 2.92. The van der Waals surface area contributed by atoms with Gasteiger partial charge in [-0.3, -0.25) is 9.59 Å². The van der Waals surface area contributed by atoms with Gasteiger partial charge < -0.3 is 16.0 Å². The zero-order valence-electron chi connectivity index (χ0n) is 8.70. The van der Waals surface area contributed by atoms with Gasteiger partial charge in [0, 0.05) is 18.5 Å². The van der Waals surface area contributed by atoms with E-state index in [1.54, 1.807) is 13.8 Å². The van der Waals surface area contributed by atoms with Gasteiger partial charge in [0.25, 0.3) is 5.56 Å². The van der Waals surface area contributed by atoms with E-state index in [1.165, 1.54) is 6.07 Å². The molecule has 4 N–H and O–H groups in total. The van der Waals surface area contributed by atoms with Gasteiger partial charge in [0.05, 0.1) is 0 Å². The van der Waals surface area contributed by atoms with Crippen molar-refractivity contribution >= 4 is 11.7 Å². The van der Waals surface area contributed by atoms with Gasteiger partial charge in [0.2, 0.25) is 5.91 Å². The highest BCUT2D eigenvalue weighted by Crippen LogP contribution is 2.02. The molecule has 6 nitrogen and oxygen atoms in total. The van der Waals surface area contributed by atoms with Crippen LogP contribution in [0.1, 0.15) is 19.2 Å². The number of nitrogens with two attached hydrogens (primary N) is 1. The van der Waals surface area contributed by atoms with Crippen LogP contribution in [-0.2, 0) is 4.79 Å². The van der Waals surface area contributed by atoms with E-state index in [-0.39, 0.29) is 18.0 Å². The minimum absolute atomic E-state index is 0.142. The number of hydrogen-bond donors (Lipinski definition) is 3. The first-order valence-corrected chi connectivity index (χ1v) is 4.60. The lowest BCUT2D eigenvalue weighted by atomic mass is 10.2. The van der Waals surface area contributed by atoms with Gasteiger partial charge in [-0.25, -0.2) is 4.98 Å². The summed E-state index contributed by atoms with van der Waals surface area (Å²) in [5.74, 6) is 0.581. The summed E-state index contributed by atoms with van der Waals surface area (Å²) in [6.07, 6.45) is 0.202. The molecule has 1 aromatic rings. The van der Waals surface area contributed by atoms with Crippen LogP contribution in [-0.4, -0.2) is 21.9 Å². The smallest absolute Gasteiger partial charge is 0.252 e. The molecular formula is C9H14N4O2. The highest BCUT2D eigenvalue weighted by molar-refractivity contribution is 5.74. The molecule has 0 aliphatic rings. The fourth-order valence-electron chi connectivity index (χ4n) is 1.26. The zero-order chi connectivity index (χ0) is 11.4. The predicted molar refractivity (Wildman–Crippen MR) is 56.5 cm³/mol. The molecule has 0 fully saturated rings. The molecule has 1 rings (SSSR count). The summed E-state index contributed by atoms with van der Waals surface area (Å²) in [4.78, 5) is 28.3. The van der Waals surface area contributed by atoms with Gasteiger partial charge in [-0.1, -0.05) is 0 Å². The summed E-state index contributed by atoms with van der Waals surface area (Å²) >= 11 is 0. The van der Waals surface area contributed by atoms with E-state index in [0.29, 0.717) is 11.6 Å². The monoisotopic (exact) mass is 210 g/mol. The summed E-state index contributed by atoms with van der Waals surface area (Å²) in [6.45, 7) is 3.48. The standard InChI is InChI=1S/C9H14N4O2/c1-5(3-7(10)14)11-8-4-9(15)13-6(2)12-8/h4-5H,3H2,1-2H3,(H2,10,14)(H2,11,12,13,15). The Kier molecular flexibility index (Phi) is 3.43. The summed E-state index contributed by atoms with van der Waals surface area (Å²) < 4.78 is 0. The second-order valence-electron chi connectivity index (χ2n) is 3.43. The maximum absolute atomic E-state index is 11.1. The number of aromatic amines is 1. The van der Waals surface area contributed by atoms with Gasteiger partial charge in [-0.15, -0.1) is 0 Å². The molecule has 1 unspecified atom stereocenters. The van der Waals surface area contributed by atoms with Crippen LogP contribution in [0.2, 0.25) is 0 Å². The number of nitrogens with zero attached hydrogens (tertiary/aromatic N) is 1. The number of primary amides is 1. The summed E-state index contributed by atoms with van der Waals surface area (Å²) in [6, 6.07) is 1.20. The zero-order valence-corrected chi connectivity index (χ0v) is 8.70. The van der Waals surface area contributed by atoms with E-state index in [9.17, 15) is 9.59 Å². The van der Waals surface area contributed by atoms with Crippen LogP contribution in [0.15, 0.2) is 10.9 Å². The third-order valence-electron chi connectivity index (χ3n) is 1.76. The van der Waals surface area contributed by atoms with Crippen LogP contribution in [0, 0.1) is 6.92 Å². The molecule has 82 valence electrons. The van der Waals surface area contributed by atoms with Crippen LogP contribution < -0.4 is 16.6 Å². The Morgan fingerprint density at radius 3 is 2.93 bits per heavy atom. The van der Waals surface area contributed by atoms with Gasteiger partial charge in [0.15, 0.2) is 0 Å². The van der Waals surface area contributed by atoms with Crippen molar-refractivity contribution in [3.63, 3.8) is 0 Å². The van der Waals surface area contributed by atoms with Crippen molar-refractivity contribution in [1.29, 1.82) is 0 Å². The Morgan fingerprint density at radius 2 is 2.40 bits per heavy atom. The van der Waals surface area contributed by atoms with Crippen molar-refractivity contribution in [1.82, 2.24) is 9.97 Å². The molecule has 0 saturated carbocycles. The van der Waals surface area contributed by atoms with Gasteiger partial charge in [-0.2, -0.15) is 0 Å². The number of carbonyl (C=O) groups is 1. The van der Waals surface area contributed by atoms with Crippen LogP contribution in [0.4, 0.5) is 5.82 Å². The van der Waals surface area contributed by atoms with Crippen LogP contribution >= 0.6 is 0 Å². The fraction of sp³-hybridized carbons (Fsp3) is 0.444. The highest BCUT2D eigenvalue weighted by atomic mass is 16.1. The lowest BCUT2D eigenvalue weighted by Crippen LogP contribution is -2.25. The number of hydrogen-bond acceptors (Lipinski definition) is 4. The molecule has 6 heteroatoms. The molecule has 1 amide bonds. The maximum Gasteiger partial charge on any atom is 0.252 e.